The first-order valence-corrected chi connectivity index (χ1v) is 7.02. The monoisotopic (exact) mass is 287 g/mol. The van der Waals surface area contributed by atoms with Crippen LogP contribution in [0.1, 0.15) is 38.2 Å². The molecule has 0 radical (unpaired) electrons. The molecule has 0 amide bonds. The second-order valence-corrected chi connectivity index (χ2v) is 5.41. The van der Waals surface area contributed by atoms with E-state index < -0.39 is 6.36 Å². The number of alkyl halides is 3. The minimum Gasteiger partial charge on any atom is -0.406 e. The Morgan fingerprint density at radius 2 is 1.80 bits per heavy atom. The van der Waals surface area contributed by atoms with Crippen LogP contribution in [0.25, 0.3) is 0 Å². The standard InChI is InChI=1S/C15H20F3NO/c1-11(13-4-2-3-5-13)19-10-12-6-8-14(9-7-12)20-15(16,17)18/h6-9,11,13,19H,2-5,10H2,1H3/t11-/m1/s1. The van der Waals surface area contributed by atoms with Crippen molar-refractivity contribution >= 4 is 0 Å². The second kappa shape index (κ2) is 6.48. The molecule has 1 atom stereocenters. The van der Waals surface area contributed by atoms with Crippen LogP contribution in [0.3, 0.4) is 0 Å². The van der Waals surface area contributed by atoms with Crippen LogP contribution in [0, 0.1) is 5.92 Å². The van der Waals surface area contributed by atoms with E-state index in [1.165, 1.54) is 37.8 Å². The molecular formula is C15H20F3NO. The lowest BCUT2D eigenvalue weighted by molar-refractivity contribution is -0.274. The van der Waals surface area contributed by atoms with Gasteiger partial charge in [-0.2, -0.15) is 0 Å². The molecule has 0 bridgehead atoms. The molecule has 1 aliphatic carbocycles. The van der Waals surface area contributed by atoms with Crippen molar-refractivity contribution in [3.05, 3.63) is 29.8 Å². The Labute approximate surface area is 117 Å². The summed E-state index contributed by atoms with van der Waals surface area (Å²) in [5.41, 5.74) is 0.962. The van der Waals surface area contributed by atoms with Crippen LogP contribution in [-0.2, 0) is 6.54 Å². The summed E-state index contributed by atoms with van der Waals surface area (Å²) >= 11 is 0. The third-order valence-electron chi connectivity index (χ3n) is 3.89. The topological polar surface area (TPSA) is 21.3 Å². The first-order valence-electron chi connectivity index (χ1n) is 7.02. The summed E-state index contributed by atoms with van der Waals surface area (Å²) < 4.78 is 39.9. The molecule has 0 aliphatic heterocycles. The van der Waals surface area contributed by atoms with Gasteiger partial charge in [0, 0.05) is 12.6 Å². The van der Waals surface area contributed by atoms with Gasteiger partial charge in [0.05, 0.1) is 0 Å². The molecule has 2 nitrogen and oxygen atoms in total. The highest BCUT2D eigenvalue weighted by Gasteiger charge is 2.30. The fraction of sp³-hybridized carbons (Fsp3) is 0.600. The Morgan fingerprint density at radius 3 is 2.35 bits per heavy atom. The van der Waals surface area contributed by atoms with Gasteiger partial charge < -0.3 is 10.1 Å². The normalized spacial score (nSPS) is 18.2. The van der Waals surface area contributed by atoms with Crippen molar-refractivity contribution in [3.63, 3.8) is 0 Å². The van der Waals surface area contributed by atoms with E-state index in [1.54, 1.807) is 12.1 Å². The average molecular weight is 287 g/mol. The molecule has 2 rings (SSSR count). The molecule has 1 N–H and O–H groups in total. The number of halogens is 3. The zero-order chi connectivity index (χ0) is 14.6. The highest BCUT2D eigenvalue weighted by molar-refractivity contribution is 5.27. The van der Waals surface area contributed by atoms with Gasteiger partial charge >= 0.3 is 6.36 Å². The van der Waals surface area contributed by atoms with Gasteiger partial charge in [0.2, 0.25) is 0 Å². The van der Waals surface area contributed by atoms with Crippen molar-refractivity contribution in [1.29, 1.82) is 0 Å². The van der Waals surface area contributed by atoms with E-state index in [0.717, 1.165) is 11.5 Å². The van der Waals surface area contributed by atoms with Gasteiger partial charge in [-0.05, 0) is 43.4 Å². The minimum atomic E-state index is -4.63. The van der Waals surface area contributed by atoms with E-state index in [0.29, 0.717) is 12.6 Å². The predicted octanol–water partition coefficient (Wildman–Crippen LogP) is 4.25. The third kappa shape index (κ3) is 4.71. The molecule has 0 saturated heterocycles. The molecule has 1 aromatic rings. The summed E-state index contributed by atoms with van der Waals surface area (Å²) in [7, 11) is 0. The molecule has 0 heterocycles. The molecule has 1 aliphatic rings. The lowest BCUT2D eigenvalue weighted by Crippen LogP contribution is -2.31. The summed E-state index contributed by atoms with van der Waals surface area (Å²) in [5, 5.41) is 3.45. The van der Waals surface area contributed by atoms with Crippen LogP contribution >= 0.6 is 0 Å². The molecule has 1 aromatic carbocycles. The Bertz CT molecular complexity index is 410. The fourth-order valence-electron chi connectivity index (χ4n) is 2.71. The number of benzene rings is 1. The fourth-order valence-corrected chi connectivity index (χ4v) is 2.71. The van der Waals surface area contributed by atoms with Gasteiger partial charge in [-0.3, -0.25) is 0 Å². The van der Waals surface area contributed by atoms with Gasteiger partial charge in [0.15, 0.2) is 0 Å². The van der Waals surface area contributed by atoms with E-state index in [2.05, 4.69) is 17.0 Å². The lowest BCUT2D eigenvalue weighted by atomic mass is 9.99. The number of rotatable bonds is 5. The molecule has 0 aromatic heterocycles. The summed E-state index contributed by atoms with van der Waals surface area (Å²) in [6, 6.07) is 6.48. The van der Waals surface area contributed by atoms with E-state index in [9.17, 15) is 13.2 Å². The Kier molecular flexibility index (Phi) is 4.91. The van der Waals surface area contributed by atoms with Gasteiger partial charge in [-0.15, -0.1) is 13.2 Å². The van der Waals surface area contributed by atoms with Crippen LogP contribution in [-0.4, -0.2) is 12.4 Å². The van der Waals surface area contributed by atoms with E-state index in [1.807, 2.05) is 0 Å². The van der Waals surface area contributed by atoms with Gasteiger partial charge in [0.1, 0.15) is 5.75 Å². The molecule has 0 spiro atoms. The molecule has 5 heteroatoms. The number of ether oxygens (including phenoxy) is 1. The summed E-state index contributed by atoms with van der Waals surface area (Å²) in [6.45, 7) is 2.85. The highest BCUT2D eigenvalue weighted by Crippen LogP contribution is 2.28. The van der Waals surface area contributed by atoms with E-state index >= 15 is 0 Å². The minimum absolute atomic E-state index is 0.176. The maximum absolute atomic E-state index is 12.0. The molecule has 112 valence electrons. The van der Waals surface area contributed by atoms with E-state index in [-0.39, 0.29) is 5.75 Å². The number of hydrogen-bond acceptors (Lipinski definition) is 2. The van der Waals surface area contributed by atoms with Crippen LogP contribution in [0.15, 0.2) is 24.3 Å². The zero-order valence-corrected chi connectivity index (χ0v) is 11.5. The quantitative estimate of drug-likeness (QED) is 0.874. The van der Waals surface area contributed by atoms with Gasteiger partial charge in [0.25, 0.3) is 0 Å². The smallest absolute Gasteiger partial charge is 0.406 e. The van der Waals surface area contributed by atoms with Crippen molar-refractivity contribution in [2.45, 2.75) is 51.6 Å². The maximum Gasteiger partial charge on any atom is 0.573 e. The van der Waals surface area contributed by atoms with Crippen LogP contribution in [0.4, 0.5) is 13.2 Å². The van der Waals surface area contributed by atoms with Crippen molar-refractivity contribution in [1.82, 2.24) is 5.32 Å². The summed E-state index contributed by atoms with van der Waals surface area (Å²) in [6.07, 6.45) is 0.524. The Hall–Kier alpha value is -1.23. The van der Waals surface area contributed by atoms with Crippen molar-refractivity contribution in [2.24, 2.45) is 5.92 Å². The SMILES string of the molecule is C[C@@H](NCc1ccc(OC(F)(F)F)cc1)C1CCCC1. The summed E-state index contributed by atoms with van der Waals surface area (Å²) in [4.78, 5) is 0. The number of nitrogens with one attached hydrogen (secondary N) is 1. The maximum atomic E-state index is 12.0. The molecule has 1 saturated carbocycles. The van der Waals surface area contributed by atoms with Crippen LogP contribution in [0.2, 0.25) is 0 Å². The van der Waals surface area contributed by atoms with Gasteiger partial charge in [-0.25, -0.2) is 0 Å². The van der Waals surface area contributed by atoms with Crippen LogP contribution in [0.5, 0.6) is 5.75 Å². The first kappa shape index (κ1) is 15.2. The number of hydrogen-bond donors (Lipinski definition) is 1. The molecular weight excluding hydrogens is 267 g/mol. The highest BCUT2D eigenvalue weighted by atomic mass is 19.4. The Balaban J connectivity index is 1.81. The first-order chi connectivity index (χ1) is 9.44. The predicted molar refractivity (Wildman–Crippen MR) is 71.4 cm³/mol. The van der Waals surface area contributed by atoms with E-state index in [4.69, 9.17) is 0 Å². The Morgan fingerprint density at radius 1 is 1.20 bits per heavy atom. The third-order valence-corrected chi connectivity index (χ3v) is 3.89. The van der Waals surface area contributed by atoms with Crippen LogP contribution < -0.4 is 10.1 Å². The largest absolute Gasteiger partial charge is 0.573 e. The average Bonchev–Trinajstić information content (AvgIpc) is 2.89. The molecule has 20 heavy (non-hydrogen) atoms. The molecule has 0 unspecified atom stereocenters. The van der Waals surface area contributed by atoms with Crippen molar-refractivity contribution in [3.8, 4) is 5.75 Å². The summed E-state index contributed by atoms with van der Waals surface area (Å²) in [5.74, 6) is 0.549. The lowest BCUT2D eigenvalue weighted by Gasteiger charge is -2.20. The second-order valence-electron chi connectivity index (χ2n) is 5.41. The molecule has 1 fully saturated rings. The van der Waals surface area contributed by atoms with Gasteiger partial charge in [-0.1, -0.05) is 25.0 Å². The zero-order valence-electron chi connectivity index (χ0n) is 11.5. The van der Waals surface area contributed by atoms with Crippen molar-refractivity contribution in [2.75, 3.05) is 0 Å². The van der Waals surface area contributed by atoms with Crippen molar-refractivity contribution < 1.29 is 17.9 Å².